The number of para-hydroxylation sites is 1. The Balaban J connectivity index is 1.41. The number of anilines is 1. The van der Waals surface area contributed by atoms with E-state index in [9.17, 15) is 14.4 Å². The Morgan fingerprint density at radius 1 is 1.15 bits per heavy atom. The number of nitrogens with one attached hydrogen (secondary N) is 4. The van der Waals surface area contributed by atoms with Gasteiger partial charge in [-0.3, -0.25) is 25.2 Å². The van der Waals surface area contributed by atoms with Crippen molar-refractivity contribution in [2.75, 3.05) is 31.2 Å². The number of rotatable bonds is 7. The summed E-state index contributed by atoms with van der Waals surface area (Å²) in [5, 5.41) is 6.14. The van der Waals surface area contributed by atoms with Gasteiger partial charge in [0.15, 0.2) is 5.13 Å². The molecule has 0 aliphatic carbocycles. The molecule has 3 heterocycles. The predicted molar refractivity (Wildman–Crippen MR) is 130 cm³/mol. The Morgan fingerprint density at radius 2 is 1.91 bits per heavy atom. The summed E-state index contributed by atoms with van der Waals surface area (Å²) in [4.78, 5) is 47.5. The molecule has 34 heavy (non-hydrogen) atoms. The Hall–Kier alpha value is -3.44. The number of amides is 3. The fourth-order valence-electron chi connectivity index (χ4n) is 3.61. The third-order valence-electron chi connectivity index (χ3n) is 5.56. The van der Waals surface area contributed by atoms with E-state index in [0.29, 0.717) is 13.2 Å². The van der Waals surface area contributed by atoms with Gasteiger partial charge in [0, 0.05) is 47.9 Å². The zero-order valence-electron chi connectivity index (χ0n) is 19.1. The van der Waals surface area contributed by atoms with Crippen LogP contribution in [0.1, 0.15) is 29.9 Å². The highest BCUT2D eigenvalue weighted by Crippen LogP contribution is 2.21. The molecule has 180 valence electrons. The summed E-state index contributed by atoms with van der Waals surface area (Å²) in [6, 6.07) is 6.87. The van der Waals surface area contributed by atoms with Crippen LogP contribution in [0.2, 0.25) is 0 Å². The number of carbonyl (C=O) groups excluding carboxylic acids is 3. The minimum absolute atomic E-state index is 0.214. The van der Waals surface area contributed by atoms with Crippen molar-refractivity contribution >= 4 is 45.1 Å². The van der Waals surface area contributed by atoms with Crippen molar-refractivity contribution in [1.29, 1.82) is 0 Å². The van der Waals surface area contributed by atoms with Gasteiger partial charge in [-0.1, -0.05) is 32.0 Å². The molecule has 0 spiro atoms. The fraction of sp³-hybridized carbons (Fsp3) is 0.391. The van der Waals surface area contributed by atoms with Crippen molar-refractivity contribution in [3.05, 3.63) is 47.1 Å². The number of hydrazine groups is 1. The number of hydrogen-bond acceptors (Lipinski definition) is 7. The van der Waals surface area contributed by atoms with Gasteiger partial charge in [0.05, 0.1) is 13.2 Å². The van der Waals surface area contributed by atoms with Crippen molar-refractivity contribution < 1.29 is 19.1 Å². The van der Waals surface area contributed by atoms with Crippen LogP contribution in [0.25, 0.3) is 10.9 Å². The van der Waals surface area contributed by atoms with Gasteiger partial charge in [-0.15, -0.1) is 11.3 Å². The molecule has 10 nitrogen and oxygen atoms in total. The molecule has 3 amide bonds. The second-order valence-electron chi connectivity index (χ2n) is 8.34. The maximum atomic E-state index is 13.0. The molecule has 3 aromatic rings. The summed E-state index contributed by atoms with van der Waals surface area (Å²) in [5.74, 6) is -1.58. The van der Waals surface area contributed by atoms with Gasteiger partial charge in [-0.25, -0.2) is 4.98 Å². The topological polar surface area (TPSA) is 128 Å². The number of fused-ring (bicyclic) bond motifs is 1. The van der Waals surface area contributed by atoms with Gasteiger partial charge in [-0.05, 0) is 11.6 Å². The Morgan fingerprint density at radius 3 is 2.68 bits per heavy atom. The van der Waals surface area contributed by atoms with Gasteiger partial charge >= 0.3 is 0 Å². The van der Waals surface area contributed by atoms with Crippen molar-refractivity contribution in [1.82, 2.24) is 26.1 Å². The van der Waals surface area contributed by atoms with Crippen LogP contribution in [-0.2, 0) is 20.7 Å². The monoisotopic (exact) mass is 484 g/mol. The maximum absolute atomic E-state index is 13.0. The van der Waals surface area contributed by atoms with Gasteiger partial charge in [0.25, 0.3) is 11.8 Å². The number of carbonyl (C=O) groups is 3. The van der Waals surface area contributed by atoms with Crippen molar-refractivity contribution in [3.8, 4) is 0 Å². The Labute approximate surface area is 201 Å². The first-order valence-electron chi connectivity index (χ1n) is 11.2. The molecule has 1 aliphatic rings. The molecule has 11 heteroatoms. The molecule has 0 saturated carbocycles. The number of nitrogens with zero attached hydrogens (tertiary/aromatic N) is 2. The average molecular weight is 485 g/mol. The van der Waals surface area contributed by atoms with Crippen LogP contribution >= 0.6 is 11.3 Å². The van der Waals surface area contributed by atoms with Crippen LogP contribution in [0, 0.1) is 5.92 Å². The van der Waals surface area contributed by atoms with E-state index in [4.69, 9.17) is 4.74 Å². The van der Waals surface area contributed by atoms with Crippen molar-refractivity contribution in [2.45, 2.75) is 26.3 Å². The lowest BCUT2D eigenvalue weighted by Gasteiger charge is -2.25. The number of aromatic nitrogens is 2. The lowest BCUT2D eigenvalue weighted by molar-refractivity contribution is -0.130. The number of aromatic amines is 1. The first-order chi connectivity index (χ1) is 16.4. The molecule has 4 rings (SSSR count). The van der Waals surface area contributed by atoms with Crippen LogP contribution in [0.5, 0.6) is 0 Å². The highest BCUT2D eigenvalue weighted by molar-refractivity contribution is 7.13. The van der Waals surface area contributed by atoms with E-state index in [0.717, 1.165) is 34.7 Å². The van der Waals surface area contributed by atoms with E-state index in [2.05, 4.69) is 31.0 Å². The molecule has 0 radical (unpaired) electrons. The summed E-state index contributed by atoms with van der Waals surface area (Å²) in [6.45, 7) is 6.19. The normalized spacial score (nSPS) is 14.7. The van der Waals surface area contributed by atoms with Crippen LogP contribution in [0.15, 0.2) is 35.8 Å². The quantitative estimate of drug-likeness (QED) is 0.377. The summed E-state index contributed by atoms with van der Waals surface area (Å²) in [5.41, 5.74) is 6.91. The molecule has 4 N–H and O–H groups in total. The van der Waals surface area contributed by atoms with Gasteiger partial charge in [0.2, 0.25) is 5.91 Å². The zero-order chi connectivity index (χ0) is 24.1. The van der Waals surface area contributed by atoms with Crippen molar-refractivity contribution in [3.63, 3.8) is 0 Å². The second kappa shape index (κ2) is 10.7. The minimum atomic E-state index is -0.867. The van der Waals surface area contributed by atoms with E-state index in [1.807, 2.05) is 30.5 Å². The SMILES string of the molecule is CC(C)C(=O)NC(Cc1c[nH]c2ccccc12)C(=O)NNC(=O)c1csc(N2CCOCC2)n1. The van der Waals surface area contributed by atoms with Crippen LogP contribution in [0.3, 0.4) is 0 Å². The van der Waals surface area contributed by atoms with Gasteiger partial charge < -0.3 is 19.9 Å². The summed E-state index contributed by atoms with van der Waals surface area (Å²) in [7, 11) is 0. The third-order valence-corrected chi connectivity index (χ3v) is 6.46. The molecule has 2 aromatic heterocycles. The number of H-pyrrole nitrogens is 1. The first kappa shape index (κ1) is 23.7. The number of hydrogen-bond donors (Lipinski definition) is 4. The molecule has 1 aromatic carbocycles. The second-order valence-corrected chi connectivity index (χ2v) is 9.17. The average Bonchev–Trinajstić information content (AvgIpc) is 3.50. The number of morpholine rings is 1. The van der Waals surface area contributed by atoms with E-state index in [1.165, 1.54) is 11.3 Å². The highest BCUT2D eigenvalue weighted by Gasteiger charge is 2.25. The highest BCUT2D eigenvalue weighted by atomic mass is 32.1. The molecule has 1 atom stereocenters. The molecule has 1 fully saturated rings. The summed E-state index contributed by atoms with van der Waals surface area (Å²) >= 11 is 1.37. The lowest BCUT2D eigenvalue weighted by atomic mass is 10.0. The largest absolute Gasteiger partial charge is 0.378 e. The van der Waals surface area contributed by atoms with Crippen LogP contribution in [0.4, 0.5) is 5.13 Å². The van der Waals surface area contributed by atoms with Gasteiger partial charge in [-0.2, -0.15) is 0 Å². The number of ether oxygens (including phenoxy) is 1. The molecule has 1 unspecified atom stereocenters. The standard InChI is InChI=1S/C23H28N6O4S/c1-14(2)20(30)25-18(11-15-12-24-17-6-4-3-5-16(15)17)21(31)27-28-22(32)19-13-34-23(26-19)29-7-9-33-10-8-29/h3-6,12-14,18,24H,7-11H2,1-2H3,(H,25,30)(H,27,31)(H,28,32). The number of benzene rings is 1. The molecular weight excluding hydrogens is 456 g/mol. The fourth-order valence-corrected chi connectivity index (χ4v) is 4.47. The van der Waals surface area contributed by atoms with Gasteiger partial charge in [0.1, 0.15) is 11.7 Å². The zero-order valence-corrected chi connectivity index (χ0v) is 19.9. The molecular formula is C23H28N6O4S. The lowest BCUT2D eigenvalue weighted by Crippen LogP contribution is -2.53. The Kier molecular flexibility index (Phi) is 7.43. The van der Waals surface area contributed by atoms with E-state index in [-0.39, 0.29) is 23.9 Å². The summed E-state index contributed by atoms with van der Waals surface area (Å²) < 4.78 is 5.34. The van der Waals surface area contributed by atoms with Crippen LogP contribution < -0.4 is 21.1 Å². The molecule has 0 bridgehead atoms. The molecule has 1 saturated heterocycles. The number of thiazole rings is 1. The van der Waals surface area contributed by atoms with Crippen molar-refractivity contribution in [2.24, 2.45) is 5.92 Å². The smallest absolute Gasteiger partial charge is 0.289 e. The maximum Gasteiger partial charge on any atom is 0.289 e. The predicted octanol–water partition coefficient (Wildman–Crippen LogP) is 1.61. The van der Waals surface area contributed by atoms with E-state index in [1.54, 1.807) is 19.2 Å². The van der Waals surface area contributed by atoms with E-state index >= 15 is 0 Å². The van der Waals surface area contributed by atoms with Crippen LogP contribution in [-0.4, -0.2) is 60.0 Å². The summed E-state index contributed by atoms with van der Waals surface area (Å²) in [6.07, 6.45) is 2.09. The van der Waals surface area contributed by atoms with E-state index < -0.39 is 17.9 Å². The first-order valence-corrected chi connectivity index (χ1v) is 12.0. The Bertz CT molecular complexity index is 1170. The molecule has 1 aliphatic heterocycles. The minimum Gasteiger partial charge on any atom is -0.378 e. The third kappa shape index (κ3) is 5.54.